The highest BCUT2D eigenvalue weighted by molar-refractivity contribution is 6.32. The summed E-state index contributed by atoms with van der Waals surface area (Å²) in [5.41, 5.74) is -0.375. The molecule has 0 fully saturated rings. The van der Waals surface area contributed by atoms with Crippen molar-refractivity contribution >= 4 is 34.7 Å². The van der Waals surface area contributed by atoms with Crippen molar-refractivity contribution in [2.24, 2.45) is 5.10 Å². The van der Waals surface area contributed by atoms with Crippen LogP contribution >= 0.6 is 11.6 Å². The van der Waals surface area contributed by atoms with Crippen LogP contribution in [0.4, 0.5) is 0 Å². The molecule has 0 saturated heterocycles. The molecule has 1 heterocycles. The molecule has 2 aromatic carbocycles. The minimum atomic E-state index is -0.680. The number of fused-ring (bicyclic) bond motifs is 1. The van der Waals surface area contributed by atoms with Crippen LogP contribution in [-0.4, -0.2) is 42.7 Å². The molecule has 29 heavy (non-hydrogen) atoms. The number of rotatable bonds is 6. The standard InChI is InChI=1S/C19H16ClN3O6/c1-27-15-8-11(7-13(20)17(15)29-10-16(24)28-2)9-21-23-18(25)12-5-3-4-6-14(12)22-19(23)26/h3-9H,10H2,1-2H3,(H,22,26). The maximum Gasteiger partial charge on any atom is 0.349 e. The molecule has 0 unspecified atom stereocenters. The second-order valence-electron chi connectivity index (χ2n) is 5.74. The minimum Gasteiger partial charge on any atom is -0.493 e. The largest absolute Gasteiger partial charge is 0.493 e. The summed E-state index contributed by atoms with van der Waals surface area (Å²) < 4.78 is 15.8. The Morgan fingerprint density at radius 1 is 1.24 bits per heavy atom. The van der Waals surface area contributed by atoms with Gasteiger partial charge in [-0.25, -0.2) is 9.59 Å². The molecule has 0 amide bonds. The van der Waals surface area contributed by atoms with Crippen LogP contribution in [0.15, 0.2) is 51.1 Å². The van der Waals surface area contributed by atoms with E-state index in [2.05, 4.69) is 14.8 Å². The van der Waals surface area contributed by atoms with E-state index in [0.29, 0.717) is 21.1 Å². The molecule has 1 aromatic heterocycles. The predicted octanol–water partition coefficient (Wildman–Crippen LogP) is 1.79. The second-order valence-corrected chi connectivity index (χ2v) is 6.14. The third-order valence-corrected chi connectivity index (χ3v) is 4.20. The smallest absolute Gasteiger partial charge is 0.349 e. The Morgan fingerprint density at radius 2 is 2.00 bits per heavy atom. The molecule has 0 radical (unpaired) electrons. The fourth-order valence-electron chi connectivity index (χ4n) is 2.53. The van der Waals surface area contributed by atoms with Gasteiger partial charge in [0.05, 0.1) is 36.4 Å². The third kappa shape index (κ3) is 4.30. The van der Waals surface area contributed by atoms with Gasteiger partial charge in [0.1, 0.15) is 0 Å². The fourth-order valence-corrected chi connectivity index (χ4v) is 2.80. The quantitative estimate of drug-likeness (QED) is 0.483. The number of halogens is 1. The summed E-state index contributed by atoms with van der Waals surface area (Å²) in [5, 5.41) is 4.44. The van der Waals surface area contributed by atoms with Crippen molar-refractivity contribution in [1.29, 1.82) is 0 Å². The normalized spacial score (nSPS) is 11.0. The number of esters is 1. The van der Waals surface area contributed by atoms with E-state index in [0.717, 1.165) is 0 Å². The van der Waals surface area contributed by atoms with E-state index in [1.807, 2.05) is 0 Å². The van der Waals surface area contributed by atoms with E-state index in [1.165, 1.54) is 32.6 Å². The van der Waals surface area contributed by atoms with Crippen molar-refractivity contribution in [2.75, 3.05) is 20.8 Å². The van der Waals surface area contributed by atoms with Gasteiger partial charge in [0, 0.05) is 0 Å². The van der Waals surface area contributed by atoms with Crippen LogP contribution in [0.3, 0.4) is 0 Å². The molecular weight excluding hydrogens is 402 g/mol. The molecule has 0 atom stereocenters. The zero-order valence-electron chi connectivity index (χ0n) is 15.5. The van der Waals surface area contributed by atoms with E-state index in [4.69, 9.17) is 21.1 Å². The summed E-state index contributed by atoms with van der Waals surface area (Å²) in [5.74, 6) is -0.191. The van der Waals surface area contributed by atoms with Crippen LogP contribution in [0.1, 0.15) is 5.56 Å². The first-order valence-electron chi connectivity index (χ1n) is 8.30. The van der Waals surface area contributed by atoms with Gasteiger partial charge >= 0.3 is 11.7 Å². The Bertz CT molecular complexity index is 1210. The van der Waals surface area contributed by atoms with Gasteiger partial charge in [-0.3, -0.25) is 4.79 Å². The number of carbonyl (C=O) groups excluding carboxylic acids is 1. The third-order valence-electron chi connectivity index (χ3n) is 3.92. The number of nitrogens with one attached hydrogen (secondary N) is 1. The van der Waals surface area contributed by atoms with E-state index >= 15 is 0 Å². The molecular formula is C19H16ClN3O6. The molecule has 1 N–H and O–H groups in total. The molecule has 0 spiro atoms. The fraction of sp³-hybridized carbons (Fsp3) is 0.158. The first-order valence-corrected chi connectivity index (χ1v) is 8.68. The van der Waals surface area contributed by atoms with Crippen LogP contribution in [0.2, 0.25) is 5.02 Å². The maximum absolute atomic E-state index is 12.5. The summed E-state index contributed by atoms with van der Waals surface area (Å²) >= 11 is 6.21. The number of benzene rings is 2. The predicted molar refractivity (Wildman–Crippen MR) is 107 cm³/mol. The number of ether oxygens (including phenoxy) is 3. The lowest BCUT2D eigenvalue weighted by atomic mass is 10.2. The molecule has 10 heteroatoms. The number of para-hydroxylation sites is 1. The van der Waals surface area contributed by atoms with Crippen LogP contribution in [0.25, 0.3) is 10.9 Å². The van der Waals surface area contributed by atoms with Crippen LogP contribution in [0.5, 0.6) is 11.5 Å². The molecule has 0 aliphatic rings. The van der Waals surface area contributed by atoms with Gasteiger partial charge in [0.25, 0.3) is 5.56 Å². The number of aromatic nitrogens is 2. The van der Waals surface area contributed by atoms with Gasteiger partial charge in [-0.2, -0.15) is 5.10 Å². The van der Waals surface area contributed by atoms with Gasteiger partial charge in [0.15, 0.2) is 18.1 Å². The summed E-state index contributed by atoms with van der Waals surface area (Å²) in [6.07, 6.45) is 1.28. The van der Waals surface area contributed by atoms with Crippen LogP contribution in [-0.2, 0) is 9.53 Å². The van der Waals surface area contributed by atoms with Crippen molar-refractivity contribution in [3.63, 3.8) is 0 Å². The van der Waals surface area contributed by atoms with Crippen LogP contribution < -0.4 is 20.7 Å². The number of carbonyl (C=O) groups is 1. The van der Waals surface area contributed by atoms with Gasteiger partial charge in [0.2, 0.25) is 0 Å². The van der Waals surface area contributed by atoms with Crippen LogP contribution in [0, 0.1) is 0 Å². The van der Waals surface area contributed by atoms with Crippen molar-refractivity contribution < 1.29 is 19.0 Å². The number of H-pyrrole nitrogens is 1. The molecule has 3 rings (SSSR count). The first kappa shape index (κ1) is 20.2. The van der Waals surface area contributed by atoms with Gasteiger partial charge < -0.3 is 19.2 Å². The summed E-state index contributed by atoms with van der Waals surface area (Å²) in [6.45, 7) is -0.345. The Balaban J connectivity index is 1.96. The highest BCUT2D eigenvalue weighted by atomic mass is 35.5. The second kappa shape index (κ2) is 8.61. The number of hydrogen-bond donors (Lipinski definition) is 1. The number of nitrogens with zero attached hydrogens (tertiary/aromatic N) is 2. The molecule has 0 saturated carbocycles. The highest BCUT2D eigenvalue weighted by Crippen LogP contribution is 2.36. The summed E-state index contributed by atoms with van der Waals surface area (Å²) in [6, 6.07) is 9.64. The Morgan fingerprint density at radius 3 is 2.72 bits per heavy atom. The van der Waals surface area contributed by atoms with E-state index in [1.54, 1.807) is 24.3 Å². The Labute approximate surface area is 169 Å². The number of hydrogen-bond acceptors (Lipinski definition) is 7. The molecule has 150 valence electrons. The SMILES string of the molecule is COC(=O)COc1c(Cl)cc(C=Nn2c(=O)[nH]c3ccccc3c2=O)cc1OC. The lowest BCUT2D eigenvalue weighted by molar-refractivity contribution is -0.142. The average molecular weight is 418 g/mol. The van der Waals surface area contributed by atoms with Crippen molar-refractivity contribution in [3.05, 3.63) is 67.8 Å². The van der Waals surface area contributed by atoms with E-state index in [9.17, 15) is 14.4 Å². The number of methoxy groups -OCH3 is 2. The summed E-state index contributed by atoms with van der Waals surface area (Å²) in [4.78, 5) is 38.5. The number of aromatic amines is 1. The average Bonchev–Trinajstić information content (AvgIpc) is 2.72. The van der Waals surface area contributed by atoms with Gasteiger partial charge in [-0.05, 0) is 29.8 Å². The van der Waals surface area contributed by atoms with Gasteiger partial charge in [-0.15, -0.1) is 4.68 Å². The molecule has 0 aliphatic heterocycles. The summed E-state index contributed by atoms with van der Waals surface area (Å²) in [7, 11) is 2.64. The molecule has 3 aromatic rings. The monoisotopic (exact) mass is 417 g/mol. The molecule has 9 nitrogen and oxygen atoms in total. The van der Waals surface area contributed by atoms with Crippen molar-refractivity contribution in [3.8, 4) is 11.5 Å². The lowest BCUT2D eigenvalue weighted by Crippen LogP contribution is -2.32. The molecule has 0 aliphatic carbocycles. The van der Waals surface area contributed by atoms with E-state index < -0.39 is 17.2 Å². The first-order chi connectivity index (χ1) is 13.9. The minimum absolute atomic E-state index is 0.148. The topological polar surface area (TPSA) is 112 Å². The highest BCUT2D eigenvalue weighted by Gasteiger charge is 2.14. The zero-order chi connectivity index (χ0) is 21.0. The lowest BCUT2D eigenvalue weighted by Gasteiger charge is -2.12. The molecule has 0 bridgehead atoms. The zero-order valence-corrected chi connectivity index (χ0v) is 16.2. The van der Waals surface area contributed by atoms with Crippen molar-refractivity contribution in [2.45, 2.75) is 0 Å². The Hall–Kier alpha value is -3.59. The van der Waals surface area contributed by atoms with Gasteiger partial charge in [-0.1, -0.05) is 23.7 Å². The Kier molecular flexibility index (Phi) is 5.99. The van der Waals surface area contributed by atoms with E-state index in [-0.39, 0.29) is 23.1 Å². The van der Waals surface area contributed by atoms with Crippen molar-refractivity contribution in [1.82, 2.24) is 9.66 Å². The maximum atomic E-state index is 12.5.